The molecule has 0 radical (unpaired) electrons. The highest BCUT2D eigenvalue weighted by Crippen LogP contribution is 2.47. The first-order valence-electron chi connectivity index (χ1n) is 10.5. The molecule has 152 valence electrons. The molecule has 1 N–H and O–H groups in total. The van der Waals surface area contributed by atoms with Gasteiger partial charge in [-0.15, -0.1) is 0 Å². The molecule has 4 heterocycles. The lowest BCUT2D eigenvalue weighted by molar-refractivity contribution is 0.0191. The second-order valence-corrected chi connectivity index (χ2v) is 8.78. The lowest BCUT2D eigenvalue weighted by Crippen LogP contribution is -2.35. The Labute approximate surface area is 170 Å². The van der Waals surface area contributed by atoms with Crippen LogP contribution in [0, 0.1) is 12.3 Å². The third kappa shape index (κ3) is 3.59. The molecule has 2 saturated heterocycles. The van der Waals surface area contributed by atoms with Crippen molar-refractivity contribution >= 4 is 11.9 Å². The van der Waals surface area contributed by atoms with Gasteiger partial charge in [-0.3, -0.25) is 9.78 Å². The van der Waals surface area contributed by atoms with Gasteiger partial charge in [-0.25, -0.2) is 9.97 Å². The van der Waals surface area contributed by atoms with Crippen LogP contribution in [-0.4, -0.2) is 52.1 Å². The number of aromatic nitrogens is 3. The number of nitrogens with zero attached hydrogens (tertiary/aromatic N) is 4. The first kappa shape index (κ1) is 18.5. The summed E-state index contributed by atoms with van der Waals surface area (Å²) >= 11 is 0. The summed E-state index contributed by atoms with van der Waals surface area (Å²) in [5.74, 6) is 0.589. The Kier molecular flexibility index (Phi) is 4.50. The van der Waals surface area contributed by atoms with E-state index in [-0.39, 0.29) is 16.9 Å². The van der Waals surface area contributed by atoms with Gasteiger partial charge in [-0.1, -0.05) is 6.07 Å². The summed E-state index contributed by atoms with van der Waals surface area (Å²) in [6.07, 6.45) is 10.4. The molecule has 0 bridgehead atoms. The molecule has 7 nitrogen and oxygen atoms in total. The Morgan fingerprint density at radius 1 is 1.03 bits per heavy atom. The zero-order valence-corrected chi connectivity index (χ0v) is 16.9. The van der Waals surface area contributed by atoms with Crippen LogP contribution in [0.1, 0.15) is 53.7 Å². The summed E-state index contributed by atoms with van der Waals surface area (Å²) < 4.78 is 5.50. The van der Waals surface area contributed by atoms with Crippen LogP contribution in [0.5, 0.6) is 0 Å². The molecule has 3 fully saturated rings. The Morgan fingerprint density at radius 3 is 2.45 bits per heavy atom. The molecule has 0 unspecified atom stereocenters. The van der Waals surface area contributed by atoms with Crippen molar-refractivity contribution < 1.29 is 9.53 Å². The highest BCUT2D eigenvalue weighted by Gasteiger charge is 2.45. The van der Waals surface area contributed by atoms with Crippen LogP contribution in [0.25, 0.3) is 0 Å². The van der Waals surface area contributed by atoms with Gasteiger partial charge in [0.2, 0.25) is 5.95 Å². The number of hydrogen-bond donors (Lipinski definition) is 1. The van der Waals surface area contributed by atoms with Gasteiger partial charge >= 0.3 is 0 Å². The Hall–Kier alpha value is -2.54. The molecule has 1 saturated carbocycles. The molecule has 5 rings (SSSR count). The number of nitrogens with one attached hydrogen (secondary N) is 1. The largest absolute Gasteiger partial charge is 0.381 e. The Balaban J connectivity index is 1.25. The fourth-order valence-electron chi connectivity index (χ4n) is 4.58. The van der Waals surface area contributed by atoms with E-state index >= 15 is 0 Å². The zero-order valence-electron chi connectivity index (χ0n) is 16.9. The molecule has 3 aliphatic rings. The molecular formula is C22H27N5O2. The molecule has 0 aromatic carbocycles. The van der Waals surface area contributed by atoms with Crippen molar-refractivity contribution in [2.75, 3.05) is 31.6 Å². The first-order valence-corrected chi connectivity index (χ1v) is 10.5. The smallest absolute Gasteiger partial charge is 0.257 e. The normalized spacial score (nSPS) is 21.9. The van der Waals surface area contributed by atoms with Crippen LogP contribution in [0.3, 0.4) is 0 Å². The maximum atomic E-state index is 12.9. The number of pyridine rings is 1. The van der Waals surface area contributed by atoms with Crippen LogP contribution in [0.4, 0.5) is 5.95 Å². The molecule has 29 heavy (non-hydrogen) atoms. The molecule has 2 aromatic heterocycles. The van der Waals surface area contributed by atoms with E-state index in [1.54, 1.807) is 12.4 Å². The number of likely N-dealkylation sites (tertiary alicyclic amines) is 1. The number of carbonyl (C=O) groups is 1. The fourth-order valence-corrected chi connectivity index (χ4v) is 4.58. The lowest BCUT2D eigenvalue weighted by Gasteiger charge is -2.33. The lowest BCUT2D eigenvalue weighted by atomic mass is 9.80. The van der Waals surface area contributed by atoms with Gasteiger partial charge < -0.3 is 15.0 Å². The summed E-state index contributed by atoms with van der Waals surface area (Å²) in [5, 5.41) is 3.45. The predicted molar refractivity (Wildman–Crippen MR) is 109 cm³/mol. The summed E-state index contributed by atoms with van der Waals surface area (Å²) in [4.78, 5) is 28.1. The molecule has 1 amide bonds. The number of carbonyl (C=O) groups excluding carboxylic acids is 1. The van der Waals surface area contributed by atoms with Gasteiger partial charge in [0.15, 0.2) is 0 Å². The first-order chi connectivity index (χ1) is 14.1. The van der Waals surface area contributed by atoms with Crippen LogP contribution < -0.4 is 5.32 Å². The average Bonchev–Trinajstić information content (AvgIpc) is 3.42. The highest BCUT2D eigenvalue weighted by molar-refractivity contribution is 5.94. The van der Waals surface area contributed by atoms with Crippen LogP contribution in [0.15, 0.2) is 30.7 Å². The van der Waals surface area contributed by atoms with E-state index in [9.17, 15) is 4.79 Å². The van der Waals surface area contributed by atoms with Crippen molar-refractivity contribution in [2.24, 2.45) is 5.41 Å². The summed E-state index contributed by atoms with van der Waals surface area (Å²) in [5.41, 5.74) is 2.84. The molecule has 1 aliphatic carbocycles. The number of aryl methyl sites for hydroxylation is 1. The van der Waals surface area contributed by atoms with Crippen LogP contribution in [-0.2, 0) is 10.3 Å². The quantitative estimate of drug-likeness (QED) is 0.860. The minimum atomic E-state index is -0.128. The predicted octanol–water partition coefficient (Wildman–Crippen LogP) is 2.92. The van der Waals surface area contributed by atoms with Crippen molar-refractivity contribution in [1.82, 2.24) is 19.9 Å². The van der Waals surface area contributed by atoms with E-state index in [0.717, 1.165) is 69.7 Å². The summed E-state index contributed by atoms with van der Waals surface area (Å²) in [7, 11) is 0. The summed E-state index contributed by atoms with van der Waals surface area (Å²) in [6.45, 7) is 5.23. The molecule has 2 aromatic rings. The van der Waals surface area contributed by atoms with Gasteiger partial charge in [0.05, 0.1) is 11.1 Å². The van der Waals surface area contributed by atoms with Crippen LogP contribution >= 0.6 is 0 Å². The van der Waals surface area contributed by atoms with Crippen molar-refractivity contribution in [3.8, 4) is 0 Å². The monoisotopic (exact) mass is 393 g/mol. The van der Waals surface area contributed by atoms with E-state index in [0.29, 0.717) is 11.5 Å². The minimum absolute atomic E-state index is 0.0313. The summed E-state index contributed by atoms with van der Waals surface area (Å²) in [6, 6.07) is 4.14. The van der Waals surface area contributed by atoms with Gasteiger partial charge in [0.25, 0.3) is 5.91 Å². The maximum Gasteiger partial charge on any atom is 0.257 e. The van der Waals surface area contributed by atoms with Crippen LogP contribution in [0.2, 0.25) is 0 Å². The van der Waals surface area contributed by atoms with Gasteiger partial charge in [-0.05, 0) is 56.1 Å². The Morgan fingerprint density at radius 2 is 1.79 bits per heavy atom. The number of rotatable bonds is 4. The molecule has 2 aliphatic heterocycles. The van der Waals surface area contributed by atoms with Crippen molar-refractivity contribution in [3.05, 3.63) is 47.5 Å². The topological polar surface area (TPSA) is 80.2 Å². The minimum Gasteiger partial charge on any atom is -0.381 e. The van der Waals surface area contributed by atoms with Crippen molar-refractivity contribution in [2.45, 2.75) is 44.6 Å². The fraction of sp³-hybridized carbons (Fsp3) is 0.545. The maximum absolute atomic E-state index is 12.9. The second-order valence-electron chi connectivity index (χ2n) is 8.78. The van der Waals surface area contributed by atoms with Gasteiger partial charge in [0, 0.05) is 50.6 Å². The SMILES string of the molecule is Cc1ccc(C2(Nc3ncc(C(=O)N4CCC5(CCOCC5)C4)cn3)CC2)cn1. The Bertz CT molecular complexity index is 886. The number of amides is 1. The van der Waals surface area contributed by atoms with Crippen molar-refractivity contribution in [1.29, 1.82) is 0 Å². The molecule has 1 spiro atoms. The standard InChI is InChI=1S/C22H27N5O2/c1-16-2-3-18(14-23-16)22(4-5-22)26-20-24-12-17(13-25-20)19(28)27-9-6-21(15-27)7-10-29-11-8-21/h2-3,12-14H,4-11,15H2,1H3,(H,24,25,26). The van der Waals surface area contributed by atoms with Gasteiger partial charge in [0.1, 0.15) is 0 Å². The van der Waals surface area contributed by atoms with E-state index in [2.05, 4.69) is 26.3 Å². The van der Waals surface area contributed by atoms with Gasteiger partial charge in [-0.2, -0.15) is 0 Å². The van der Waals surface area contributed by atoms with E-state index in [4.69, 9.17) is 4.74 Å². The molecular weight excluding hydrogens is 366 g/mol. The van der Waals surface area contributed by atoms with E-state index < -0.39 is 0 Å². The molecule has 7 heteroatoms. The van der Waals surface area contributed by atoms with E-state index in [1.807, 2.05) is 24.1 Å². The van der Waals surface area contributed by atoms with Crippen molar-refractivity contribution in [3.63, 3.8) is 0 Å². The molecule has 0 atom stereocenters. The number of anilines is 1. The third-order valence-electron chi connectivity index (χ3n) is 6.74. The highest BCUT2D eigenvalue weighted by atomic mass is 16.5. The number of ether oxygens (including phenoxy) is 1. The second kappa shape index (κ2) is 7.06. The van der Waals surface area contributed by atoms with E-state index in [1.165, 1.54) is 0 Å². The average molecular weight is 393 g/mol. The third-order valence-corrected chi connectivity index (χ3v) is 6.74. The zero-order chi connectivity index (χ0) is 19.9. The number of hydrogen-bond acceptors (Lipinski definition) is 6.